The highest BCUT2D eigenvalue weighted by atomic mass is 16.5. The number of hydrogen-bond donors (Lipinski definition) is 2. The van der Waals surface area contributed by atoms with Crippen LogP contribution in [0.25, 0.3) is 0 Å². The van der Waals surface area contributed by atoms with Crippen LogP contribution >= 0.6 is 0 Å². The molecule has 1 atom stereocenters. The number of carbonyl (C=O) groups excluding carboxylic acids is 1. The van der Waals surface area contributed by atoms with Gasteiger partial charge in [0.25, 0.3) is 0 Å². The first kappa shape index (κ1) is 20.1. The molecule has 0 aliphatic rings. The largest absolute Gasteiger partial charge is 0.497 e. The molecule has 3 aromatic carbocycles. The van der Waals surface area contributed by atoms with Crippen molar-refractivity contribution in [1.29, 1.82) is 0 Å². The van der Waals surface area contributed by atoms with E-state index in [9.17, 15) is 4.79 Å². The lowest BCUT2D eigenvalue weighted by Gasteiger charge is -2.18. The van der Waals surface area contributed by atoms with Gasteiger partial charge >= 0.3 is 0 Å². The minimum absolute atomic E-state index is 0.167. The number of hydrogen-bond acceptors (Lipinski definition) is 5. The summed E-state index contributed by atoms with van der Waals surface area (Å²) < 4.78 is 16.3. The van der Waals surface area contributed by atoms with E-state index in [1.54, 1.807) is 45.4 Å². The van der Waals surface area contributed by atoms with Gasteiger partial charge in [0.1, 0.15) is 29.0 Å². The van der Waals surface area contributed by atoms with E-state index in [0.29, 0.717) is 28.6 Å². The summed E-state index contributed by atoms with van der Waals surface area (Å²) >= 11 is 0. The molecule has 0 saturated heterocycles. The third kappa shape index (κ3) is 5.42. The number of nitrogens with one attached hydrogen (secondary N) is 2. The minimum Gasteiger partial charge on any atom is -0.497 e. The SMILES string of the molecule is COc1ccc(N[C@H](C)C(=O)Nc2ccc(Oc3ccccc3)cc2)c(OC)c1. The van der Waals surface area contributed by atoms with Gasteiger partial charge in [0.2, 0.25) is 5.91 Å². The van der Waals surface area contributed by atoms with Gasteiger partial charge in [0, 0.05) is 11.8 Å². The standard InChI is InChI=1S/C23H24N2O4/c1-16(24-21-14-13-20(27-2)15-22(21)28-3)23(26)25-17-9-11-19(12-10-17)29-18-7-5-4-6-8-18/h4-16,24H,1-3H3,(H,25,26)/t16-/m1/s1. The topological polar surface area (TPSA) is 68.8 Å². The fraction of sp³-hybridized carbons (Fsp3) is 0.174. The summed E-state index contributed by atoms with van der Waals surface area (Å²) in [4.78, 5) is 12.5. The smallest absolute Gasteiger partial charge is 0.246 e. The molecule has 6 nitrogen and oxygen atoms in total. The number of anilines is 2. The van der Waals surface area contributed by atoms with E-state index in [0.717, 1.165) is 5.75 Å². The zero-order chi connectivity index (χ0) is 20.6. The first-order chi connectivity index (χ1) is 14.1. The van der Waals surface area contributed by atoms with Gasteiger partial charge in [0.15, 0.2) is 0 Å². The molecule has 0 aromatic heterocycles. The quantitative estimate of drug-likeness (QED) is 0.569. The summed E-state index contributed by atoms with van der Waals surface area (Å²) in [5, 5.41) is 6.05. The zero-order valence-corrected chi connectivity index (χ0v) is 16.6. The van der Waals surface area contributed by atoms with Gasteiger partial charge in [-0.25, -0.2) is 0 Å². The fourth-order valence-corrected chi connectivity index (χ4v) is 2.70. The number of carbonyl (C=O) groups is 1. The summed E-state index contributed by atoms with van der Waals surface area (Å²) in [5.74, 6) is 2.58. The van der Waals surface area contributed by atoms with Crippen molar-refractivity contribution in [3.63, 3.8) is 0 Å². The lowest BCUT2D eigenvalue weighted by atomic mass is 10.2. The molecule has 150 valence electrons. The first-order valence-electron chi connectivity index (χ1n) is 9.21. The van der Waals surface area contributed by atoms with Gasteiger partial charge in [-0.3, -0.25) is 4.79 Å². The van der Waals surface area contributed by atoms with Crippen molar-refractivity contribution in [2.75, 3.05) is 24.9 Å². The van der Waals surface area contributed by atoms with Gasteiger partial charge in [-0.2, -0.15) is 0 Å². The molecule has 0 radical (unpaired) electrons. The Morgan fingerprint density at radius 3 is 2.14 bits per heavy atom. The molecule has 0 heterocycles. The zero-order valence-electron chi connectivity index (χ0n) is 16.6. The van der Waals surface area contributed by atoms with Crippen LogP contribution in [0.5, 0.6) is 23.0 Å². The van der Waals surface area contributed by atoms with Crippen LogP contribution in [-0.4, -0.2) is 26.2 Å². The second-order valence-corrected chi connectivity index (χ2v) is 6.36. The van der Waals surface area contributed by atoms with Crippen LogP contribution in [0.15, 0.2) is 72.8 Å². The Hall–Kier alpha value is -3.67. The van der Waals surface area contributed by atoms with Gasteiger partial charge in [0.05, 0.1) is 19.9 Å². The van der Waals surface area contributed by atoms with Crippen LogP contribution in [0.4, 0.5) is 11.4 Å². The molecule has 1 amide bonds. The van der Waals surface area contributed by atoms with E-state index in [1.165, 1.54) is 0 Å². The molecule has 6 heteroatoms. The average molecular weight is 392 g/mol. The van der Waals surface area contributed by atoms with Crippen molar-refractivity contribution in [3.8, 4) is 23.0 Å². The van der Waals surface area contributed by atoms with E-state index < -0.39 is 6.04 Å². The lowest BCUT2D eigenvalue weighted by Crippen LogP contribution is -2.32. The van der Waals surface area contributed by atoms with Crippen molar-refractivity contribution in [3.05, 3.63) is 72.8 Å². The maximum Gasteiger partial charge on any atom is 0.246 e. The molecule has 3 rings (SSSR count). The average Bonchev–Trinajstić information content (AvgIpc) is 2.76. The molecular weight excluding hydrogens is 368 g/mol. The molecule has 0 aliphatic carbocycles. The Kier molecular flexibility index (Phi) is 6.58. The van der Waals surface area contributed by atoms with Gasteiger partial charge in [-0.05, 0) is 55.5 Å². The summed E-state index contributed by atoms with van der Waals surface area (Å²) in [6, 6.07) is 21.7. The van der Waals surface area contributed by atoms with Crippen molar-refractivity contribution in [1.82, 2.24) is 0 Å². The van der Waals surface area contributed by atoms with Crippen molar-refractivity contribution >= 4 is 17.3 Å². The summed E-state index contributed by atoms with van der Waals surface area (Å²) in [6.45, 7) is 1.78. The Morgan fingerprint density at radius 1 is 0.828 bits per heavy atom. The van der Waals surface area contributed by atoms with Crippen LogP contribution in [0.2, 0.25) is 0 Å². The molecule has 0 unspecified atom stereocenters. The number of benzene rings is 3. The van der Waals surface area contributed by atoms with Crippen LogP contribution in [0.1, 0.15) is 6.92 Å². The third-order valence-electron chi connectivity index (χ3n) is 4.27. The maximum atomic E-state index is 12.5. The minimum atomic E-state index is -0.474. The first-order valence-corrected chi connectivity index (χ1v) is 9.21. The monoisotopic (exact) mass is 392 g/mol. The predicted octanol–water partition coefficient (Wildman–Crippen LogP) is 4.94. The second-order valence-electron chi connectivity index (χ2n) is 6.36. The lowest BCUT2D eigenvalue weighted by molar-refractivity contribution is -0.116. The Morgan fingerprint density at radius 2 is 1.48 bits per heavy atom. The fourth-order valence-electron chi connectivity index (χ4n) is 2.70. The van der Waals surface area contributed by atoms with Crippen LogP contribution in [-0.2, 0) is 4.79 Å². The van der Waals surface area contributed by atoms with E-state index in [1.807, 2.05) is 48.5 Å². The van der Waals surface area contributed by atoms with Crippen LogP contribution in [0.3, 0.4) is 0 Å². The molecule has 29 heavy (non-hydrogen) atoms. The van der Waals surface area contributed by atoms with Gasteiger partial charge in [-0.15, -0.1) is 0 Å². The second kappa shape index (κ2) is 9.50. The van der Waals surface area contributed by atoms with Crippen molar-refractivity contribution < 1.29 is 19.0 Å². The van der Waals surface area contributed by atoms with E-state index in [4.69, 9.17) is 14.2 Å². The highest BCUT2D eigenvalue weighted by molar-refractivity contribution is 5.96. The molecule has 0 saturated carbocycles. The molecule has 0 spiro atoms. The van der Waals surface area contributed by atoms with E-state index in [2.05, 4.69) is 10.6 Å². The molecule has 0 bridgehead atoms. The predicted molar refractivity (Wildman–Crippen MR) is 114 cm³/mol. The number of amides is 1. The van der Waals surface area contributed by atoms with Gasteiger partial charge in [-0.1, -0.05) is 18.2 Å². The normalized spacial score (nSPS) is 11.3. The summed E-state index contributed by atoms with van der Waals surface area (Å²) in [6.07, 6.45) is 0. The number of ether oxygens (including phenoxy) is 3. The van der Waals surface area contributed by atoms with Crippen molar-refractivity contribution in [2.24, 2.45) is 0 Å². The Bertz CT molecular complexity index is 943. The molecule has 3 aromatic rings. The van der Waals surface area contributed by atoms with Crippen molar-refractivity contribution in [2.45, 2.75) is 13.0 Å². The summed E-state index contributed by atoms with van der Waals surface area (Å²) in [7, 11) is 3.16. The highest BCUT2D eigenvalue weighted by Gasteiger charge is 2.15. The Labute approximate surface area is 170 Å². The van der Waals surface area contributed by atoms with E-state index in [-0.39, 0.29) is 5.91 Å². The number of methoxy groups -OCH3 is 2. The third-order valence-corrected chi connectivity index (χ3v) is 4.27. The van der Waals surface area contributed by atoms with Gasteiger partial charge < -0.3 is 24.8 Å². The van der Waals surface area contributed by atoms with Crippen LogP contribution in [0, 0.1) is 0 Å². The molecular formula is C23H24N2O4. The maximum absolute atomic E-state index is 12.5. The molecule has 0 fully saturated rings. The number of para-hydroxylation sites is 1. The molecule has 0 aliphatic heterocycles. The Balaban J connectivity index is 1.59. The number of rotatable bonds is 8. The highest BCUT2D eigenvalue weighted by Crippen LogP contribution is 2.29. The van der Waals surface area contributed by atoms with E-state index >= 15 is 0 Å². The molecule has 2 N–H and O–H groups in total. The van der Waals surface area contributed by atoms with Crippen LogP contribution < -0.4 is 24.8 Å². The summed E-state index contributed by atoms with van der Waals surface area (Å²) in [5.41, 5.74) is 1.40.